The zero-order valence-corrected chi connectivity index (χ0v) is 18.2. The molecule has 0 radical (unpaired) electrons. The number of nitrogens with zero attached hydrogens (tertiary/aromatic N) is 3. The third kappa shape index (κ3) is 3.94. The number of aromatic nitrogens is 1. The number of pyridine rings is 1. The lowest BCUT2D eigenvalue weighted by Gasteiger charge is -2.31. The van der Waals surface area contributed by atoms with Gasteiger partial charge in [-0.1, -0.05) is 6.07 Å². The maximum atomic E-state index is 14.2. The average molecular weight is 452 g/mol. The summed E-state index contributed by atoms with van der Waals surface area (Å²) in [6.45, 7) is 0.917. The monoisotopic (exact) mass is 451 g/mol. The lowest BCUT2D eigenvalue weighted by Crippen LogP contribution is -2.43. The highest BCUT2D eigenvalue weighted by molar-refractivity contribution is 7.90. The summed E-state index contributed by atoms with van der Waals surface area (Å²) in [5.41, 5.74) is 1.43. The molecule has 3 aromatic rings. The lowest BCUT2D eigenvalue weighted by atomic mass is 10.00. The van der Waals surface area contributed by atoms with Gasteiger partial charge in [-0.25, -0.2) is 17.1 Å². The third-order valence-electron chi connectivity index (χ3n) is 6.14. The molecule has 0 unspecified atom stereocenters. The molecule has 0 spiro atoms. The molecule has 0 amide bonds. The van der Waals surface area contributed by atoms with Gasteiger partial charge in [0.05, 0.1) is 10.8 Å². The summed E-state index contributed by atoms with van der Waals surface area (Å²) < 4.78 is 47.1. The number of sulfonamides is 1. The normalized spacial score (nSPS) is 17.9. The Hall–Kier alpha value is -3.02. The number of rotatable bonds is 5. The first-order chi connectivity index (χ1) is 15.5. The van der Waals surface area contributed by atoms with Crippen LogP contribution in [0.4, 0.5) is 4.39 Å². The zero-order chi connectivity index (χ0) is 22.3. The molecule has 8 heteroatoms. The maximum Gasteiger partial charge on any atom is 0.216 e. The number of fused-ring (bicyclic) bond motifs is 1. The fourth-order valence-corrected chi connectivity index (χ4v) is 6.05. The van der Waals surface area contributed by atoms with Gasteiger partial charge in [0.25, 0.3) is 0 Å². The van der Waals surface area contributed by atoms with Crippen LogP contribution in [-0.4, -0.2) is 42.2 Å². The van der Waals surface area contributed by atoms with Gasteiger partial charge in [0.1, 0.15) is 23.7 Å². The van der Waals surface area contributed by atoms with Crippen molar-refractivity contribution in [1.29, 1.82) is 5.26 Å². The zero-order valence-electron chi connectivity index (χ0n) is 17.4. The molecule has 2 heterocycles. The van der Waals surface area contributed by atoms with E-state index in [0.29, 0.717) is 37.2 Å². The first kappa shape index (κ1) is 20.9. The van der Waals surface area contributed by atoms with E-state index in [1.165, 1.54) is 12.1 Å². The van der Waals surface area contributed by atoms with Crippen molar-refractivity contribution in [1.82, 2.24) is 9.29 Å². The fourth-order valence-electron chi connectivity index (χ4n) is 4.18. The van der Waals surface area contributed by atoms with Crippen LogP contribution in [0.5, 0.6) is 5.75 Å². The fraction of sp³-hybridized carbons (Fsp3) is 0.333. The molecule has 1 aliphatic carbocycles. The van der Waals surface area contributed by atoms with E-state index in [-0.39, 0.29) is 16.9 Å². The number of benzene rings is 2. The molecule has 2 aromatic carbocycles. The highest BCUT2D eigenvalue weighted by Gasteiger charge is 2.41. The Morgan fingerprint density at radius 1 is 1.06 bits per heavy atom. The summed E-state index contributed by atoms with van der Waals surface area (Å²) in [7, 11) is -3.16. The minimum absolute atomic E-state index is 0.00289. The quantitative estimate of drug-likeness (QED) is 0.579. The van der Waals surface area contributed by atoms with Crippen LogP contribution in [0.3, 0.4) is 0 Å². The Kier molecular flexibility index (Phi) is 5.31. The second-order valence-corrected chi connectivity index (χ2v) is 10.6. The topological polar surface area (TPSA) is 83.3 Å². The minimum atomic E-state index is -3.16. The highest BCUT2D eigenvalue weighted by atomic mass is 32.2. The first-order valence-corrected chi connectivity index (χ1v) is 12.2. The van der Waals surface area contributed by atoms with Gasteiger partial charge in [0, 0.05) is 30.9 Å². The van der Waals surface area contributed by atoms with Crippen molar-refractivity contribution >= 4 is 20.8 Å². The van der Waals surface area contributed by atoms with E-state index in [1.807, 2.05) is 24.3 Å². The molecule has 5 rings (SSSR count). The van der Waals surface area contributed by atoms with E-state index >= 15 is 0 Å². The molecule has 1 saturated heterocycles. The molecular formula is C24H22FN3O3S. The van der Waals surface area contributed by atoms with Crippen molar-refractivity contribution in [3.05, 3.63) is 60.2 Å². The molecule has 6 nitrogen and oxygen atoms in total. The summed E-state index contributed by atoms with van der Waals surface area (Å²) in [4.78, 5) is 4.21. The van der Waals surface area contributed by atoms with Gasteiger partial charge in [0.2, 0.25) is 10.0 Å². The lowest BCUT2D eigenvalue weighted by molar-refractivity contribution is 0.137. The van der Waals surface area contributed by atoms with Crippen LogP contribution in [0.2, 0.25) is 0 Å². The molecule has 32 heavy (non-hydrogen) atoms. The Labute approximate surface area is 186 Å². The molecular weight excluding hydrogens is 429 g/mol. The predicted octanol–water partition coefficient (Wildman–Crippen LogP) is 4.25. The van der Waals surface area contributed by atoms with Crippen LogP contribution in [0, 0.1) is 17.1 Å². The number of halogens is 1. The summed E-state index contributed by atoms with van der Waals surface area (Å²) in [6, 6.07) is 12.1. The van der Waals surface area contributed by atoms with Gasteiger partial charge < -0.3 is 4.74 Å². The molecule has 1 aliphatic heterocycles. The van der Waals surface area contributed by atoms with Crippen LogP contribution in [0.25, 0.3) is 21.9 Å². The second kappa shape index (κ2) is 8.15. The van der Waals surface area contributed by atoms with Crippen molar-refractivity contribution in [2.45, 2.75) is 37.0 Å². The predicted molar refractivity (Wildman–Crippen MR) is 119 cm³/mol. The summed E-state index contributed by atoms with van der Waals surface area (Å²) in [6.07, 6.45) is 6.07. The summed E-state index contributed by atoms with van der Waals surface area (Å²) in [5.74, 6) is 0.0744. The van der Waals surface area contributed by atoms with Crippen LogP contribution in [-0.2, 0) is 10.0 Å². The maximum absolute atomic E-state index is 14.2. The van der Waals surface area contributed by atoms with E-state index in [2.05, 4.69) is 4.98 Å². The SMILES string of the molecule is N#Cc1ccc(-c2cc(OC3CCN(S(=O)(=O)C4CC4)CC3)c3cnccc3c2)cc1F. The highest BCUT2D eigenvalue weighted by Crippen LogP contribution is 2.36. The van der Waals surface area contributed by atoms with Gasteiger partial charge in [0.15, 0.2) is 0 Å². The van der Waals surface area contributed by atoms with E-state index in [1.54, 1.807) is 22.8 Å². The van der Waals surface area contributed by atoms with Gasteiger partial charge >= 0.3 is 0 Å². The smallest absolute Gasteiger partial charge is 0.216 e. The molecule has 0 bridgehead atoms. The number of piperidine rings is 1. The number of hydrogen-bond donors (Lipinski definition) is 0. The first-order valence-electron chi connectivity index (χ1n) is 10.7. The molecule has 2 aliphatic rings. The van der Waals surface area contributed by atoms with Gasteiger partial charge in [-0.3, -0.25) is 4.98 Å². The van der Waals surface area contributed by atoms with Gasteiger partial charge in [-0.15, -0.1) is 0 Å². The molecule has 0 N–H and O–H groups in total. The van der Waals surface area contributed by atoms with Gasteiger partial charge in [-0.2, -0.15) is 5.26 Å². The van der Waals surface area contributed by atoms with Crippen molar-refractivity contribution in [2.24, 2.45) is 0 Å². The van der Waals surface area contributed by atoms with Crippen LogP contribution in [0.15, 0.2) is 48.8 Å². The van der Waals surface area contributed by atoms with Crippen LogP contribution >= 0.6 is 0 Å². The van der Waals surface area contributed by atoms with Crippen molar-refractivity contribution in [3.8, 4) is 22.9 Å². The van der Waals surface area contributed by atoms with E-state index in [4.69, 9.17) is 10.00 Å². The van der Waals surface area contributed by atoms with Crippen molar-refractivity contribution in [3.63, 3.8) is 0 Å². The molecule has 2 fully saturated rings. The third-order valence-corrected chi connectivity index (χ3v) is 8.54. The number of ether oxygens (including phenoxy) is 1. The summed E-state index contributed by atoms with van der Waals surface area (Å²) >= 11 is 0. The average Bonchev–Trinajstić information content (AvgIpc) is 3.65. The molecule has 1 saturated carbocycles. The Morgan fingerprint density at radius 3 is 2.53 bits per heavy atom. The van der Waals surface area contributed by atoms with Gasteiger partial charge in [-0.05, 0) is 72.5 Å². The largest absolute Gasteiger partial charge is 0.490 e. The van der Waals surface area contributed by atoms with Crippen molar-refractivity contribution < 1.29 is 17.5 Å². The van der Waals surface area contributed by atoms with Crippen LogP contribution in [0.1, 0.15) is 31.2 Å². The standard InChI is InChI=1S/C24H22FN3O3S/c25-23-12-16(1-2-18(23)14-26)19-11-17-5-8-27-15-22(17)24(13-19)31-20-6-9-28(10-7-20)32(29,30)21-3-4-21/h1-2,5,8,11-13,15,20-21H,3-4,6-7,9-10H2. The van der Waals surface area contributed by atoms with Crippen LogP contribution < -0.4 is 4.74 Å². The summed E-state index contributed by atoms with van der Waals surface area (Å²) in [5, 5.41) is 10.6. The van der Waals surface area contributed by atoms with E-state index in [9.17, 15) is 12.8 Å². The molecule has 164 valence electrons. The molecule has 0 atom stereocenters. The second-order valence-electron chi connectivity index (χ2n) is 8.34. The Balaban J connectivity index is 1.41. The van der Waals surface area contributed by atoms with E-state index < -0.39 is 15.8 Å². The Bertz CT molecular complexity index is 1320. The minimum Gasteiger partial charge on any atom is -0.490 e. The number of nitriles is 1. The molecule has 1 aromatic heterocycles. The van der Waals surface area contributed by atoms with Crippen molar-refractivity contribution in [2.75, 3.05) is 13.1 Å². The number of hydrogen-bond acceptors (Lipinski definition) is 5. The Morgan fingerprint density at radius 2 is 1.84 bits per heavy atom. The van der Waals surface area contributed by atoms with E-state index in [0.717, 1.165) is 29.2 Å².